The van der Waals surface area contributed by atoms with Crippen molar-refractivity contribution >= 4 is 5.91 Å². The second-order valence-electron chi connectivity index (χ2n) is 16.9. The van der Waals surface area contributed by atoms with Gasteiger partial charge in [0, 0.05) is 6.42 Å². The Morgan fingerprint density at radius 2 is 1.02 bits per heavy atom. The molecule has 0 saturated carbocycles. The first-order valence-corrected chi connectivity index (χ1v) is 24.8. The highest BCUT2D eigenvalue weighted by Gasteiger charge is 2.44. The summed E-state index contributed by atoms with van der Waals surface area (Å²) in [6.07, 6.45) is 52.0. The van der Waals surface area contributed by atoms with E-state index in [1.54, 1.807) is 6.08 Å². The van der Waals surface area contributed by atoms with Crippen molar-refractivity contribution in [1.29, 1.82) is 0 Å². The largest absolute Gasteiger partial charge is 0.394 e. The summed E-state index contributed by atoms with van der Waals surface area (Å²) in [6.45, 7) is 3.62. The van der Waals surface area contributed by atoms with E-state index < -0.39 is 49.5 Å². The van der Waals surface area contributed by atoms with Crippen molar-refractivity contribution in [3.05, 3.63) is 85.1 Å². The molecular formula is C53H91NO8. The van der Waals surface area contributed by atoms with Crippen molar-refractivity contribution in [2.45, 2.75) is 230 Å². The minimum atomic E-state index is -1.58. The summed E-state index contributed by atoms with van der Waals surface area (Å²) in [4.78, 5) is 13.0. The van der Waals surface area contributed by atoms with Gasteiger partial charge in [-0.3, -0.25) is 4.79 Å². The number of hydrogen-bond acceptors (Lipinski definition) is 8. The summed E-state index contributed by atoms with van der Waals surface area (Å²) < 4.78 is 11.2. The van der Waals surface area contributed by atoms with E-state index in [0.29, 0.717) is 6.42 Å². The second-order valence-corrected chi connectivity index (χ2v) is 16.9. The Hall–Kier alpha value is -2.63. The highest BCUT2D eigenvalue weighted by Crippen LogP contribution is 2.22. The van der Waals surface area contributed by atoms with Crippen LogP contribution in [0.2, 0.25) is 0 Å². The normalized spacial score (nSPS) is 21.0. The predicted octanol–water partition coefficient (Wildman–Crippen LogP) is 11.1. The van der Waals surface area contributed by atoms with Gasteiger partial charge < -0.3 is 40.3 Å². The van der Waals surface area contributed by atoms with Crippen molar-refractivity contribution < 1.29 is 39.8 Å². The van der Waals surface area contributed by atoms with Gasteiger partial charge in [0.2, 0.25) is 5.91 Å². The van der Waals surface area contributed by atoms with Gasteiger partial charge in [0.1, 0.15) is 24.4 Å². The lowest BCUT2D eigenvalue weighted by Gasteiger charge is -2.40. The van der Waals surface area contributed by atoms with Crippen molar-refractivity contribution in [2.75, 3.05) is 13.2 Å². The van der Waals surface area contributed by atoms with Crippen LogP contribution in [0.1, 0.15) is 187 Å². The average molecular weight is 870 g/mol. The second kappa shape index (κ2) is 42.3. The Morgan fingerprint density at radius 1 is 0.565 bits per heavy atom. The van der Waals surface area contributed by atoms with E-state index in [1.807, 2.05) is 6.08 Å². The summed E-state index contributed by atoms with van der Waals surface area (Å²) in [5.41, 5.74) is 0. The number of aliphatic hydroxyl groups is 5. The van der Waals surface area contributed by atoms with Crippen LogP contribution in [0.4, 0.5) is 0 Å². The average Bonchev–Trinajstić information content (AvgIpc) is 3.27. The van der Waals surface area contributed by atoms with Gasteiger partial charge in [0.05, 0.1) is 25.4 Å². The lowest BCUT2D eigenvalue weighted by Crippen LogP contribution is -2.60. The zero-order valence-electron chi connectivity index (χ0n) is 39.1. The number of aliphatic hydroxyl groups excluding tert-OH is 5. The number of ether oxygens (including phenoxy) is 2. The fourth-order valence-electron chi connectivity index (χ4n) is 7.24. The minimum absolute atomic E-state index is 0.200. The molecule has 0 bridgehead atoms. The van der Waals surface area contributed by atoms with Gasteiger partial charge in [-0.15, -0.1) is 0 Å². The van der Waals surface area contributed by atoms with Crippen LogP contribution in [0.3, 0.4) is 0 Å². The summed E-state index contributed by atoms with van der Waals surface area (Å²) in [7, 11) is 0. The van der Waals surface area contributed by atoms with Crippen LogP contribution in [0, 0.1) is 0 Å². The lowest BCUT2D eigenvalue weighted by atomic mass is 9.99. The number of carbonyl (C=O) groups is 1. The third-order valence-corrected chi connectivity index (χ3v) is 11.2. The van der Waals surface area contributed by atoms with Crippen LogP contribution in [0.25, 0.3) is 0 Å². The lowest BCUT2D eigenvalue weighted by molar-refractivity contribution is -0.302. The Kier molecular flexibility index (Phi) is 39.2. The molecule has 0 radical (unpaired) electrons. The minimum Gasteiger partial charge on any atom is -0.394 e. The Balaban J connectivity index is 2.33. The standard InChI is InChI=1S/C53H91NO8/c1-3-5-7-9-11-13-15-17-19-21-22-23-24-25-26-27-29-31-33-35-37-39-41-43-49(57)54-46(45-61-53-52(60)51(59)50(58)48(44-55)62-53)47(56)42-40-38-36-34-32-30-28-20-18-16-14-12-10-8-6-4-2/h5,7,11,13,17-20,22-23,32,34,40,42,46-48,50-53,55-56,58-60H,3-4,6,8-10,12,14-16,21,24-31,33,35-39,41,43-45H2,1-2H3,(H,54,57)/b7-5-,13-11-,19-17-,20-18+,23-22-,34-32+,42-40+. The summed E-state index contributed by atoms with van der Waals surface area (Å²) in [5, 5.41) is 54.3. The van der Waals surface area contributed by atoms with Crippen LogP contribution in [0.15, 0.2) is 85.1 Å². The molecular weight excluding hydrogens is 779 g/mol. The molecule has 1 fully saturated rings. The van der Waals surface area contributed by atoms with Gasteiger partial charge in [0.25, 0.3) is 0 Å². The smallest absolute Gasteiger partial charge is 0.220 e. The number of amides is 1. The number of allylic oxidation sites excluding steroid dienone is 13. The van der Waals surface area contributed by atoms with Crippen molar-refractivity contribution in [3.8, 4) is 0 Å². The molecule has 9 heteroatoms. The third kappa shape index (κ3) is 32.1. The molecule has 0 aromatic carbocycles. The Bertz CT molecular complexity index is 1240. The van der Waals surface area contributed by atoms with E-state index in [2.05, 4.69) is 92.1 Å². The first-order chi connectivity index (χ1) is 30.3. The fraction of sp³-hybridized carbons (Fsp3) is 0.717. The van der Waals surface area contributed by atoms with Crippen LogP contribution >= 0.6 is 0 Å². The quantitative estimate of drug-likeness (QED) is 0.0263. The molecule has 9 nitrogen and oxygen atoms in total. The molecule has 1 amide bonds. The van der Waals surface area contributed by atoms with Gasteiger partial charge in [-0.05, 0) is 83.5 Å². The van der Waals surface area contributed by atoms with E-state index in [-0.39, 0.29) is 12.5 Å². The molecule has 0 aliphatic carbocycles. The van der Waals surface area contributed by atoms with E-state index in [9.17, 15) is 30.3 Å². The molecule has 6 N–H and O–H groups in total. The van der Waals surface area contributed by atoms with Crippen molar-refractivity contribution in [1.82, 2.24) is 5.32 Å². The number of carbonyl (C=O) groups excluding carboxylic acids is 1. The predicted molar refractivity (Wildman–Crippen MR) is 258 cm³/mol. The van der Waals surface area contributed by atoms with Crippen LogP contribution < -0.4 is 5.32 Å². The molecule has 7 atom stereocenters. The van der Waals surface area contributed by atoms with Crippen LogP contribution in [-0.4, -0.2) is 87.5 Å². The maximum Gasteiger partial charge on any atom is 0.220 e. The molecule has 1 heterocycles. The molecule has 1 saturated heterocycles. The Labute approximate surface area is 378 Å². The van der Waals surface area contributed by atoms with Crippen molar-refractivity contribution in [2.24, 2.45) is 0 Å². The van der Waals surface area contributed by atoms with Crippen molar-refractivity contribution in [3.63, 3.8) is 0 Å². The molecule has 1 aliphatic rings. The molecule has 7 unspecified atom stereocenters. The molecule has 1 aliphatic heterocycles. The van der Waals surface area contributed by atoms with Gasteiger partial charge >= 0.3 is 0 Å². The van der Waals surface area contributed by atoms with E-state index >= 15 is 0 Å². The molecule has 0 spiro atoms. The van der Waals surface area contributed by atoms with Crippen LogP contribution in [0.5, 0.6) is 0 Å². The number of unbranched alkanes of at least 4 members (excludes halogenated alkanes) is 18. The summed E-state index contributed by atoms with van der Waals surface area (Å²) in [6, 6.07) is -0.835. The van der Waals surface area contributed by atoms with Gasteiger partial charge in [0.15, 0.2) is 6.29 Å². The molecule has 62 heavy (non-hydrogen) atoms. The molecule has 0 aromatic rings. The summed E-state index contributed by atoms with van der Waals surface area (Å²) in [5.74, 6) is -0.200. The SMILES string of the molecule is CC/C=C\C/C=C\C/C=C\C/C=C\CCCCCCCCCCCCC(=O)NC(COC1OC(CO)C(O)C(O)C1O)C(O)/C=C/CC/C=C/CC/C=C/CCCCCCCC. The first-order valence-electron chi connectivity index (χ1n) is 24.8. The third-order valence-electron chi connectivity index (χ3n) is 11.2. The molecule has 1 rings (SSSR count). The van der Waals surface area contributed by atoms with Crippen LogP contribution in [-0.2, 0) is 14.3 Å². The number of hydrogen-bond donors (Lipinski definition) is 6. The van der Waals surface area contributed by atoms with Gasteiger partial charge in [-0.25, -0.2) is 0 Å². The molecule has 356 valence electrons. The zero-order valence-corrected chi connectivity index (χ0v) is 39.1. The molecule has 0 aromatic heterocycles. The van der Waals surface area contributed by atoms with E-state index in [1.165, 1.54) is 77.0 Å². The highest BCUT2D eigenvalue weighted by atomic mass is 16.7. The van der Waals surface area contributed by atoms with Gasteiger partial charge in [-0.1, -0.05) is 182 Å². The maximum absolute atomic E-state index is 13.0. The summed E-state index contributed by atoms with van der Waals surface area (Å²) >= 11 is 0. The van der Waals surface area contributed by atoms with E-state index in [4.69, 9.17) is 9.47 Å². The van der Waals surface area contributed by atoms with E-state index in [0.717, 1.165) is 89.9 Å². The Morgan fingerprint density at radius 3 is 1.55 bits per heavy atom. The highest BCUT2D eigenvalue weighted by molar-refractivity contribution is 5.76. The number of nitrogens with one attached hydrogen (secondary N) is 1. The maximum atomic E-state index is 13.0. The fourth-order valence-corrected chi connectivity index (χ4v) is 7.24. The van der Waals surface area contributed by atoms with Gasteiger partial charge in [-0.2, -0.15) is 0 Å². The zero-order chi connectivity index (χ0) is 45.1. The first kappa shape index (κ1) is 57.4. The topological polar surface area (TPSA) is 149 Å². The number of rotatable bonds is 40. The monoisotopic (exact) mass is 870 g/mol.